The molecule has 13 heavy (non-hydrogen) atoms. The van der Waals surface area contributed by atoms with Crippen LogP contribution in [0.1, 0.15) is 0 Å². The van der Waals surface area contributed by atoms with Crippen LogP contribution in [0, 0.1) is 0 Å². The van der Waals surface area contributed by atoms with Gasteiger partial charge in [0.05, 0.1) is 0 Å². The zero-order valence-electron chi connectivity index (χ0n) is 8.92. The van der Waals surface area contributed by atoms with Crippen LogP contribution in [0.5, 0.6) is 0 Å². The summed E-state index contributed by atoms with van der Waals surface area (Å²) in [6, 6.07) is 0. The van der Waals surface area contributed by atoms with E-state index in [1.54, 1.807) is 0 Å². The Morgan fingerprint density at radius 1 is 0.538 bits per heavy atom. The van der Waals surface area contributed by atoms with E-state index in [4.69, 9.17) is 0 Å². The summed E-state index contributed by atoms with van der Waals surface area (Å²) >= 11 is 0. The van der Waals surface area contributed by atoms with Crippen LogP contribution in [-0.2, 0) is 19.5 Å². The second-order valence-corrected chi connectivity index (χ2v) is 3.91. The predicted octanol–water partition coefficient (Wildman–Crippen LogP) is -0.207. The molecule has 1 rings (SSSR count). The van der Waals surface area contributed by atoms with Gasteiger partial charge in [-0.05, 0) is 21.1 Å². The SMILES string of the molecule is CN1CCN(C)CCN(C)CC1.[Rh+3]. The van der Waals surface area contributed by atoms with Crippen molar-refractivity contribution in [1.29, 1.82) is 0 Å². The Balaban J connectivity index is 0.00000144. The average molecular weight is 274 g/mol. The van der Waals surface area contributed by atoms with Crippen molar-refractivity contribution >= 4 is 0 Å². The van der Waals surface area contributed by atoms with Gasteiger partial charge in [-0.2, -0.15) is 0 Å². The standard InChI is InChI=1S/C9H21N3.Rh/c1-10-4-6-11(2)8-9-12(3)7-5-10;/h4-9H2,1-3H3;/q;+3. The Morgan fingerprint density at radius 3 is 0.846 bits per heavy atom. The largest absolute Gasteiger partial charge is 3.00 e. The fourth-order valence-corrected chi connectivity index (χ4v) is 1.36. The summed E-state index contributed by atoms with van der Waals surface area (Å²) in [4.78, 5) is 7.20. The van der Waals surface area contributed by atoms with Gasteiger partial charge in [-0.25, -0.2) is 0 Å². The van der Waals surface area contributed by atoms with E-state index >= 15 is 0 Å². The number of likely N-dealkylation sites (N-methyl/N-ethyl adjacent to an activating group) is 3. The second kappa shape index (κ2) is 6.88. The monoisotopic (exact) mass is 274 g/mol. The molecule has 4 heteroatoms. The Labute approximate surface area is 94.8 Å². The fraction of sp³-hybridized carbons (Fsp3) is 1.00. The van der Waals surface area contributed by atoms with Gasteiger partial charge in [-0.3, -0.25) is 0 Å². The van der Waals surface area contributed by atoms with E-state index in [-0.39, 0.29) is 19.5 Å². The molecule has 78 valence electrons. The number of nitrogens with zero attached hydrogens (tertiary/aromatic N) is 3. The van der Waals surface area contributed by atoms with Crippen LogP contribution >= 0.6 is 0 Å². The van der Waals surface area contributed by atoms with Gasteiger partial charge in [-0.15, -0.1) is 0 Å². The third kappa shape index (κ3) is 5.74. The normalized spacial score (nSPS) is 24.2. The third-order valence-electron chi connectivity index (χ3n) is 2.59. The third-order valence-corrected chi connectivity index (χ3v) is 2.59. The molecule has 0 N–H and O–H groups in total. The second-order valence-electron chi connectivity index (χ2n) is 3.91. The van der Waals surface area contributed by atoms with Crippen molar-refractivity contribution in [3.05, 3.63) is 0 Å². The van der Waals surface area contributed by atoms with E-state index in [1.165, 1.54) is 39.3 Å². The molecule has 0 unspecified atom stereocenters. The maximum absolute atomic E-state index is 2.40. The minimum atomic E-state index is 0. The van der Waals surface area contributed by atoms with Gasteiger partial charge in [0.2, 0.25) is 0 Å². The predicted molar refractivity (Wildman–Crippen MR) is 52.5 cm³/mol. The van der Waals surface area contributed by atoms with Gasteiger partial charge < -0.3 is 14.7 Å². The van der Waals surface area contributed by atoms with E-state index in [2.05, 4.69) is 35.8 Å². The van der Waals surface area contributed by atoms with Crippen LogP contribution in [0.25, 0.3) is 0 Å². The van der Waals surface area contributed by atoms with Gasteiger partial charge in [-0.1, -0.05) is 0 Å². The first kappa shape index (κ1) is 13.5. The average Bonchev–Trinajstić information content (AvgIpc) is 2.11. The van der Waals surface area contributed by atoms with Crippen molar-refractivity contribution in [1.82, 2.24) is 14.7 Å². The molecule has 1 heterocycles. The summed E-state index contributed by atoms with van der Waals surface area (Å²) in [5, 5.41) is 0. The summed E-state index contributed by atoms with van der Waals surface area (Å²) in [6.45, 7) is 7.19. The zero-order chi connectivity index (χ0) is 8.97. The van der Waals surface area contributed by atoms with Crippen molar-refractivity contribution in [3.63, 3.8) is 0 Å². The molecule has 1 aliphatic rings. The summed E-state index contributed by atoms with van der Waals surface area (Å²) in [5.74, 6) is 0. The molecule has 0 amide bonds. The first-order chi connectivity index (χ1) is 5.68. The van der Waals surface area contributed by atoms with E-state index in [1.807, 2.05) is 0 Å². The van der Waals surface area contributed by atoms with E-state index in [0.717, 1.165) is 0 Å². The minimum absolute atomic E-state index is 0. The topological polar surface area (TPSA) is 9.72 Å². The number of hydrogen-bond acceptors (Lipinski definition) is 3. The molecule has 0 aliphatic carbocycles. The molecular weight excluding hydrogens is 253 g/mol. The van der Waals surface area contributed by atoms with Crippen LogP contribution in [0.4, 0.5) is 0 Å². The van der Waals surface area contributed by atoms with Crippen molar-refractivity contribution in [2.45, 2.75) is 0 Å². The molecule has 0 aromatic carbocycles. The summed E-state index contributed by atoms with van der Waals surface area (Å²) in [7, 11) is 6.60. The van der Waals surface area contributed by atoms with Gasteiger partial charge in [0.1, 0.15) is 0 Å². The molecular formula is C9H21N3Rh+3. The van der Waals surface area contributed by atoms with Gasteiger partial charge in [0, 0.05) is 39.3 Å². The first-order valence-corrected chi connectivity index (χ1v) is 4.74. The Kier molecular flexibility index (Phi) is 7.15. The summed E-state index contributed by atoms with van der Waals surface area (Å²) in [6.07, 6.45) is 0. The molecule has 0 bridgehead atoms. The van der Waals surface area contributed by atoms with Crippen LogP contribution in [0.2, 0.25) is 0 Å². The quantitative estimate of drug-likeness (QED) is 0.566. The molecule has 0 saturated carbocycles. The smallest absolute Gasteiger partial charge is 0.304 e. The van der Waals surface area contributed by atoms with Crippen molar-refractivity contribution in [3.8, 4) is 0 Å². The van der Waals surface area contributed by atoms with E-state index < -0.39 is 0 Å². The van der Waals surface area contributed by atoms with E-state index in [0.29, 0.717) is 0 Å². The van der Waals surface area contributed by atoms with Crippen molar-refractivity contribution in [2.75, 3.05) is 60.4 Å². The zero-order valence-corrected chi connectivity index (χ0v) is 10.6. The first-order valence-electron chi connectivity index (χ1n) is 4.74. The molecule has 0 aromatic rings. The Bertz CT molecular complexity index is 96.3. The molecule has 1 fully saturated rings. The summed E-state index contributed by atoms with van der Waals surface area (Å²) in [5.41, 5.74) is 0. The van der Waals surface area contributed by atoms with Crippen molar-refractivity contribution in [2.24, 2.45) is 0 Å². The van der Waals surface area contributed by atoms with Gasteiger partial charge in [0.15, 0.2) is 0 Å². The minimum Gasteiger partial charge on any atom is -0.304 e. The van der Waals surface area contributed by atoms with E-state index in [9.17, 15) is 0 Å². The molecule has 0 radical (unpaired) electrons. The number of hydrogen-bond donors (Lipinski definition) is 0. The maximum atomic E-state index is 2.40. The van der Waals surface area contributed by atoms with Crippen LogP contribution < -0.4 is 0 Å². The molecule has 1 saturated heterocycles. The van der Waals surface area contributed by atoms with Gasteiger partial charge in [0.25, 0.3) is 0 Å². The molecule has 1 aliphatic heterocycles. The Morgan fingerprint density at radius 2 is 0.692 bits per heavy atom. The van der Waals surface area contributed by atoms with Crippen LogP contribution in [-0.4, -0.2) is 75.1 Å². The van der Waals surface area contributed by atoms with Crippen LogP contribution in [0.15, 0.2) is 0 Å². The molecule has 3 nitrogen and oxygen atoms in total. The molecule has 0 aromatic heterocycles. The summed E-state index contributed by atoms with van der Waals surface area (Å²) < 4.78 is 0. The maximum Gasteiger partial charge on any atom is 3.00 e. The molecule has 0 atom stereocenters. The number of rotatable bonds is 0. The van der Waals surface area contributed by atoms with Crippen LogP contribution in [0.3, 0.4) is 0 Å². The Hall–Kier alpha value is 0.503. The van der Waals surface area contributed by atoms with Gasteiger partial charge >= 0.3 is 19.5 Å². The fourth-order valence-electron chi connectivity index (χ4n) is 1.36. The molecule has 0 spiro atoms. The van der Waals surface area contributed by atoms with Crippen molar-refractivity contribution < 1.29 is 19.5 Å².